The molecule has 0 unspecified atom stereocenters. The van der Waals surface area contributed by atoms with Crippen LogP contribution in [0.15, 0.2) is 85.2 Å². The van der Waals surface area contributed by atoms with Crippen LogP contribution in [-0.4, -0.2) is 59.2 Å². The number of nitrogens with two attached hydrogens (primary N) is 1. The molecule has 0 saturated carbocycles. The first kappa shape index (κ1) is 36.9. The van der Waals surface area contributed by atoms with Crippen molar-refractivity contribution in [2.75, 3.05) is 18.7 Å². The van der Waals surface area contributed by atoms with Gasteiger partial charge in [0.05, 0.1) is 29.4 Å². The molecule has 13 heteroatoms. The Morgan fingerprint density at radius 2 is 1.38 bits per heavy atom. The standard InChI is InChI=1S/C35H44N5O6PS/c1-24(2)45-33(41)30(20-26-12-7-5-8-13-26)39-47(43,40-31(34(42)46-25(3)4)21-27-14-9-6-10-15-27)23-44-19-17-29-32(48-35(36)38-29)28-16-11-18-37-22-28/h5-16,18,22,24-25,30-31H,17,19-21,23H2,1-4H3,(H2,36,38)(H2,39,40,43)/t30-,31-/m0/s1. The molecule has 0 saturated heterocycles. The van der Waals surface area contributed by atoms with E-state index in [-0.39, 0.29) is 25.8 Å². The van der Waals surface area contributed by atoms with E-state index >= 15 is 0 Å². The minimum Gasteiger partial charge on any atom is -0.462 e. The Hall–Kier alpha value is -3.93. The molecular formula is C35H44N5O6PS. The van der Waals surface area contributed by atoms with Gasteiger partial charge in [-0.15, -0.1) is 0 Å². The van der Waals surface area contributed by atoms with E-state index in [1.54, 1.807) is 40.1 Å². The number of nitrogens with zero attached hydrogens (tertiary/aromatic N) is 2. The van der Waals surface area contributed by atoms with E-state index in [4.69, 9.17) is 19.9 Å². The lowest BCUT2D eigenvalue weighted by Crippen LogP contribution is -2.47. The maximum Gasteiger partial charge on any atom is 0.324 e. The molecule has 0 spiro atoms. The van der Waals surface area contributed by atoms with Gasteiger partial charge in [-0.25, -0.2) is 15.2 Å². The molecule has 2 atom stereocenters. The van der Waals surface area contributed by atoms with Gasteiger partial charge in [0.2, 0.25) is 7.44 Å². The third-order valence-electron chi connectivity index (χ3n) is 6.96. The maximum atomic E-state index is 14.9. The van der Waals surface area contributed by atoms with Gasteiger partial charge in [0, 0.05) is 24.4 Å². The van der Waals surface area contributed by atoms with Crippen LogP contribution >= 0.6 is 18.8 Å². The smallest absolute Gasteiger partial charge is 0.324 e. The fraction of sp³-hybridized carbons (Fsp3) is 0.371. The molecule has 11 nitrogen and oxygen atoms in total. The SMILES string of the molecule is CC(C)OC(=O)[C@H](Cc1ccccc1)NP(=O)(COCCc1nc(N)sc1-c1cccnc1)N[C@@H](Cc1ccccc1)C(=O)OC(C)C. The Morgan fingerprint density at radius 1 is 0.833 bits per heavy atom. The summed E-state index contributed by atoms with van der Waals surface area (Å²) in [5.41, 5.74) is 9.34. The third-order valence-corrected chi connectivity index (χ3v) is 9.94. The highest BCUT2D eigenvalue weighted by Gasteiger charge is 2.36. The van der Waals surface area contributed by atoms with E-state index in [9.17, 15) is 14.2 Å². The van der Waals surface area contributed by atoms with Crippen molar-refractivity contribution in [3.05, 3.63) is 102 Å². The molecule has 0 amide bonds. The summed E-state index contributed by atoms with van der Waals surface area (Å²) in [7, 11) is -3.86. The molecule has 4 N–H and O–H groups in total. The number of pyridine rings is 1. The van der Waals surface area contributed by atoms with Gasteiger partial charge >= 0.3 is 11.9 Å². The highest BCUT2D eigenvalue weighted by atomic mass is 32.1. The number of nitrogen functional groups attached to an aromatic ring is 1. The highest BCUT2D eigenvalue weighted by molar-refractivity contribution is 7.59. The van der Waals surface area contributed by atoms with Crippen molar-refractivity contribution < 1.29 is 28.4 Å². The molecule has 0 aliphatic rings. The van der Waals surface area contributed by atoms with Crippen LogP contribution in [0, 0.1) is 0 Å². The predicted octanol–water partition coefficient (Wildman–Crippen LogP) is 5.80. The number of hydrogen-bond donors (Lipinski definition) is 3. The van der Waals surface area contributed by atoms with Gasteiger partial charge in [-0.1, -0.05) is 78.1 Å². The number of rotatable bonds is 18. The van der Waals surface area contributed by atoms with Crippen LogP contribution in [0.4, 0.5) is 5.13 Å². The van der Waals surface area contributed by atoms with Crippen molar-refractivity contribution in [2.24, 2.45) is 0 Å². The molecular weight excluding hydrogens is 649 g/mol. The van der Waals surface area contributed by atoms with Crippen molar-refractivity contribution >= 4 is 35.9 Å². The first-order chi connectivity index (χ1) is 23.0. The van der Waals surface area contributed by atoms with Crippen molar-refractivity contribution in [2.45, 2.75) is 71.2 Å². The Balaban J connectivity index is 1.60. The number of nitrogens with one attached hydrogen (secondary N) is 2. The molecule has 2 aromatic heterocycles. The van der Waals surface area contributed by atoms with Crippen LogP contribution in [0.25, 0.3) is 10.4 Å². The van der Waals surface area contributed by atoms with Gasteiger partial charge in [0.1, 0.15) is 18.4 Å². The summed E-state index contributed by atoms with van der Waals surface area (Å²) >= 11 is 1.35. The molecule has 48 heavy (non-hydrogen) atoms. The average Bonchev–Trinajstić information content (AvgIpc) is 3.43. The zero-order chi connectivity index (χ0) is 34.5. The number of hydrogen-bond acceptors (Lipinski definition) is 10. The normalized spacial score (nSPS) is 13.0. The second-order valence-corrected chi connectivity index (χ2v) is 15.1. The van der Waals surface area contributed by atoms with Crippen LogP contribution in [-0.2, 0) is 47.6 Å². The number of thiazole rings is 1. The molecule has 0 aliphatic heterocycles. The van der Waals surface area contributed by atoms with Crippen molar-refractivity contribution in [3.63, 3.8) is 0 Å². The van der Waals surface area contributed by atoms with E-state index in [1.807, 2.05) is 72.8 Å². The van der Waals surface area contributed by atoms with Crippen molar-refractivity contribution in [1.82, 2.24) is 20.1 Å². The number of carbonyl (C=O) groups is 2. The Bertz CT molecular complexity index is 1570. The number of esters is 2. The first-order valence-electron chi connectivity index (χ1n) is 15.9. The second-order valence-electron chi connectivity index (χ2n) is 11.8. The summed E-state index contributed by atoms with van der Waals surface area (Å²) < 4.78 is 32.1. The van der Waals surface area contributed by atoms with Gasteiger partial charge in [-0.3, -0.25) is 19.1 Å². The van der Waals surface area contributed by atoms with Gasteiger partial charge in [0.25, 0.3) is 0 Å². The Kier molecular flexibility index (Phi) is 13.8. The van der Waals surface area contributed by atoms with Crippen LogP contribution in [0.2, 0.25) is 0 Å². The minimum atomic E-state index is -3.86. The molecule has 0 radical (unpaired) electrons. The Labute approximate surface area is 286 Å². The van der Waals surface area contributed by atoms with Gasteiger partial charge in [-0.2, -0.15) is 0 Å². The van der Waals surface area contributed by atoms with E-state index in [2.05, 4.69) is 20.1 Å². The van der Waals surface area contributed by atoms with E-state index in [0.29, 0.717) is 11.6 Å². The number of ether oxygens (including phenoxy) is 3. The largest absolute Gasteiger partial charge is 0.462 e. The average molecular weight is 694 g/mol. The fourth-order valence-electron chi connectivity index (χ4n) is 4.93. The number of benzene rings is 2. The fourth-order valence-corrected chi connectivity index (χ4v) is 7.81. The van der Waals surface area contributed by atoms with Crippen LogP contribution < -0.4 is 15.9 Å². The molecule has 0 aliphatic carbocycles. The van der Waals surface area contributed by atoms with Gasteiger partial charge < -0.3 is 19.9 Å². The third kappa shape index (κ3) is 11.6. The summed E-state index contributed by atoms with van der Waals surface area (Å²) in [6.07, 6.45) is 3.08. The lowest BCUT2D eigenvalue weighted by atomic mass is 10.1. The molecule has 0 fully saturated rings. The topological polar surface area (TPSA) is 155 Å². The summed E-state index contributed by atoms with van der Waals surface area (Å²) in [4.78, 5) is 36.3. The van der Waals surface area contributed by atoms with Gasteiger partial charge in [-0.05, 0) is 57.7 Å². The molecule has 0 bridgehead atoms. The molecule has 4 aromatic rings. The zero-order valence-corrected chi connectivity index (χ0v) is 29.4. The van der Waals surface area contributed by atoms with Crippen LogP contribution in [0.3, 0.4) is 0 Å². The number of anilines is 1. The molecule has 4 rings (SSSR count). The van der Waals surface area contributed by atoms with E-state index in [0.717, 1.165) is 27.3 Å². The minimum absolute atomic E-state index is 0.142. The summed E-state index contributed by atoms with van der Waals surface area (Å²) in [6, 6.07) is 20.5. The molecule has 256 valence electrons. The molecule has 2 heterocycles. The molecule has 2 aromatic carbocycles. The predicted molar refractivity (Wildman–Crippen MR) is 188 cm³/mol. The van der Waals surface area contributed by atoms with E-state index < -0.39 is 43.7 Å². The monoisotopic (exact) mass is 693 g/mol. The van der Waals surface area contributed by atoms with E-state index in [1.165, 1.54) is 11.3 Å². The quantitative estimate of drug-likeness (QED) is 0.0658. The van der Waals surface area contributed by atoms with Gasteiger partial charge in [0.15, 0.2) is 5.13 Å². The highest BCUT2D eigenvalue weighted by Crippen LogP contribution is 2.39. The summed E-state index contributed by atoms with van der Waals surface area (Å²) in [5, 5.41) is 6.50. The number of carbonyl (C=O) groups excluding carboxylic acids is 2. The summed E-state index contributed by atoms with van der Waals surface area (Å²) in [5.74, 6) is -1.14. The summed E-state index contributed by atoms with van der Waals surface area (Å²) in [6.45, 7) is 7.15. The van der Waals surface area contributed by atoms with Crippen molar-refractivity contribution in [1.29, 1.82) is 0 Å². The Morgan fingerprint density at radius 3 is 1.85 bits per heavy atom. The van der Waals surface area contributed by atoms with Crippen LogP contribution in [0.1, 0.15) is 44.5 Å². The van der Waals surface area contributed by atoms with Crippen molar-refractivity contribution in [3.8, 4) is 10.4 Å². The zero-order valence-electron chi connectivity index (χ0n) is 27.7. The lowest BCUT2D eigenvalue weighted by Gasteiger charge is -2.29. The maximum absolute atomic E-state index is 14.9. The second kappa shape index (κ2) is 18.0. The lowest BCUT2D eigenvalue weighted by molar-refractivity contribution is -0.150. The van der Waals surface area contributed by atoms with Crippen LogP contribution in [0.5, 0.6) is 0 Å². The first-order valence-corrected chi connectivity index (χ1v) is 18.6. The number of aromatic nitrogens is 2.